The van der Waals surface area contributed by atoms with Crippen molar-refractivity contribution in [3.05, 3.63) is 28.3 Å². The van der Waals surface area contributed by atoms with Gasteiger partial charge in [0.15, 0.2) is 0 Å². The first kappa shape index (κ1) is 13.2. The SMILES string of the molecule is COc1c(C)cc(Cl)cc1C1(C(=O)NN)CCC1. The Labute approximate surface area is 111 Å². The van der Waals surface area contributed by atoms with Gasteiger partial charge < -0.3 is 4.74 Å². The van der Waals surface area contributed by atoms with E-state index in [2.05, 4.69) is 5.43 Å². The number of rotatable bonds is 3. The number of halogens is 1. The van der Waals surface area contributed by atoms with Crippen molar-refractivity contribution in [1.82, 2.24) is 5.43 Å². The van der Waals surface area contributed by atoms with Crippen molar-refractivity contribution in [2.45, 2.75) is 31.6 Å². The molecule has 18 heavy (non-hydrogen) atoms. The van der Waals surface area contributed by atoms with E-state index in [1.165, 1.54) is 0 Å². The molecule has 1 aromatic rings. The first-order chi connectivity index (χ1) is 8.55. The van der Waals surface area contributed by atoms with Crippen molar-refractivity contribution in [3.8, 4) is 5.75 Å². The molecule has 0 radical (unpaired) electrons. The highest BCUT2D eigenvalue weighted by Crippen LogP contribution is 2.48. The Morgan fingerprint density at radius 3 is 2.61 bits per heavy atom. The van der Waals surface area contributed by atoms with Crippen molar-refractivity contribution >= 4 is 17.5 Å². The number of amides is 1. The molecule has 0 atom stereocenters. The Morgan fingerprint density at radius 1 is 1.50 bits per heavy atom. The first-order valence-corrected chi connectivity index (χ1v) is 6.28. The number of hydrazine groups is 1. The molecule has 1 aliphatic rings. The van der Waals surface area contributed by atoms with Gasteiger partial charge in [0, 0.05) is 10.6 Å². The van der Waals surface area contributed by atoms with Crippen molar-refractivity contribution < 1.29 is 9.53 Å². The molecule has 2 rings (SSSR count). The third kappa shape index (κ3) is 1.85. The van der Waals surface area contributed by atoms with Crippen LogP contribution in [-0.2, 0) is 10.2 Å². The van der Waals surface area contributed by atoms with Crippen LogP contribution >= 0.6 is 11.6 Å². The highest BCUT2D eigenvalue weighted by Gasteiger charge is 2.47. The fourth-order valence-corrected chi connectivity index (χ4v) is 2.92. The zero-order valence-electron chi connectivity index (χ0n) is 10.5. The third-order valence-electron chi connectivity index (χ3n) is 3.73. The number of hydrogen-bond donors (Lipinski definition) is 2. The first-order valence-electron chi connectivity index (χ1n) is 5.91. The minimum atomic E-state index is -0.588. The molecule has 0 aromatic heterocycles. The van der Waals surface area contributed by atoms with Gasteiger partial charge in [0.05, 0.1) is 12.5 Å². The lowest BCUT2D eigenvalue weighted by Gasteiger charge is -2.41. The summed E-state index contributed by atoms with van der Waals surface area (Å²) >= 11 is 6.10. The van der Waals surface area contributed by atoms with Gasteiger partial charge in [0.1, 0.15) is 5.75 Å². The Balaban J connectivity index is 2.58. The Kier molecular flexibility index (Phi) is 3.50. The number of carbonyl (C=O) groups excluding carboxylic acids is 1. The second-order valence-electron chi connectivity index (χ2n) is 4.71. The molecule has 1 aromatic carbocycles. The molecule has 3 N–H and O–H groups in total. The lowest BCUT2D eigenvalue weighted by Crippen LogP contribution is -2.51. The highest BCUT2D eigenvalue weighted by atomic mass is 35.5. The van der Waals surface area contributed by atoms with Crippen molar-refractivity contribution in [1.29, 1.82) is 0 Å². The molecule has 0 saturated heterocycles. The predicted molar refractivity (Wildman–Crippen MR) is 70.6 cm³/mol. The number of benzene rings is 1. The summed E-state index contributed by atoms with van der Waals surface area (Å²) in [7, 11) is 1.60. The van der Waals surface area contributed by atoms with Gasteiger partial charge in [-0.1, -0.05) is 18.0 Å². The molecule has 1 aliphatic carbocycles. The van der Waals surface area contributed by atoms with Gasteiger partial charge in [0.2, 0.25) is 5.91 Å². The normalized spacial score (nSPS) is 16.9. The van der Waals surface area contributed by atoms with Gasteiger partial charge in [-0.25, -0.2) is 5.84 Å². The zero-order valence-corrected chi connectivity index (χ0v) is 11.3. The van der Waals surface area contributed by atoms with Crippen LogP contribution in [0.25, 0.3) is 0 Å². The van der Waals surface area contributed by atoms with Gasteiger partial charge in [-0.3, -0.25) is 10.2 Å². The van der Waals surface area contributed by atoms with Gasteiger partial charge in [-0.05, 0) is 37.5 Å². The molecule has 4 nitrogen and oxygen atoms in total. The van der Waals surface area contributed by atoms with Crippen LogP contribution in [0.1, 0.15) is 30.4 Å². The summed E-state index contributed by atoms with van der Waals surface area (Å²) < 4.78 is 5.43. The van der Waals surface area contributed by atoms with E-state index >= 15 is 0 Å². The van der Waals surface area contributed by atoms with Crippen LogP contribution in [0.15, 0.2) is 12.1 Å². The quantitative estimate of drug-likeness (QED) is 0.501. The smallest absolute Gasteiger partial charge is 0.244 e. The van der Waals surface area contributed by atoms with Gasteiger partial charge >= 0.3 is 0 Å². The second-order valence-corrected chi connectivity index (χ2v) is 5.15. The zero-order chi connectivity index (χ0) is 13.3. The number of hydrogen-bond acceptors (Lipinski definition) is 3. The van der Waals surface area contributed by atoms with Crippen LogP contribution in [-0.4, -0.2) is 13.0 Å². The highest BCUT2D eigenvalue weighted by molar-refractivity contribution is 6.30. The number of nitrogens with one attached hydrogen (secondary N) is 1. The number of nitrogens with two attached hydrogens (primary N) is 1. The maximum Gasteiger partial charge on any atom is 0.244 e. The molecule has 1 saturated carbocycles. The molecule has 0 bridgehead atoms. The van der Waals surface area contributed by atoms with E-state index in [1.807, 2.05) is 19.1 Å². The Morgan fingerprint density at radius 2 is 2.17 bits per heavy atom. The summed E-state index contributed by atoms with van der Waals surface area (Å²) in [5, 5.41) is 0.611. The summed E-state index contributed by atoms with van der Waals surface area (Å²) in [6, 6.07) is 3.64. The van der Waals surface area contributed by atoms with E-state index in [-0.39, 0.29) is 5.91 Å². The summed E-state index contributed by atoms with van der Waals surface area (Å²) in [5.74, 6) is 5.85. The summed E-state index contributed by atoms with van der Waals surface area (Å²) in [5.41, 5.74) is 3.44. The van der Waals surface area contributed by atoms with E-state index in [0.717, 1.165) is 36.1 Å². The monoisotopic (exact) mass is 268 g/mol. The lowest BCUT2D eigenvalue weighted by atomic mass is 9.63. The van der Waals surface area contributed by atoms with Crippen LogP contribution in [0, 0.1) is 6.92 Å². The van der Waals surface area contributed by atoms with Crippen LogP contribution in [0.2, 0.25) is 5.02 Å². The topological polar surface area (TPSA) is 64.3 Å². The average molecular weight is 269 g/mol. The maximum absolute atomic E-state index is 12.1. The van der Waals surface area contributed by atoms with Crippen LogP contribution in [0.3, 0.4) is 0 Å². The van der Waals surface area contributed by atoms with E-state index in [9.17, 15) is 4.79 Å². The van der Waals surface area contributed by atoms with Gasteiger partial charge in [0.25, 0.3) is 0 Å². The largest absolute Gasteiger partial charge is 0.496 e. The van der Waals surface area contributed by atoms with E-state index < -0.39 is 5.41 Å². The van der Waals surface area contributed by atoms with Crippen LogP contribution < -0.4 is 16.0 Å². The minimum Gasteiger partial charge on any atom is -0.496 e. The van der Waals surface area contributed by atoms with E-state index in [1.54, 1.807) is 7.11 Å². The van der Waals surface area contributed by atoms with Gasteiger partial charge in [-0.2, -0.15) is 0 Å². The molecule has 0 spiro atoms. The predicted octanol–water partition coefficient (Wildman–Crippen LogP) is 2.07. The molecule has 98 valence electrons. The molecule has 5 heteroatoms. The Hall–Kier alpha value is -1.26. The number of aryl methyl sites for hydroxylation is 1. The minimum absolute atomic E-state index is 0.172. The molecular weight excluding hydrogens is 252 g/mol. The van der Waals surface area contributed by atoms with Gasteiger partial charge in [-0.15, -0.1) is 0 Å². The maximum atomic E-state index is 12.1. The van der Waals surface area contributed by atoms with E-state index in [0.29, 0.717) is 5.02 Å². The Bertz CT molecular complexity index is 484. The molecule has 0 heterocycles. The van der Waals surface area contributed by atoms with E-state index in [4.69, 9.17) is 22.2 Å². The number of carbonyl (C=O) groups is 1. The summed E-state index contributed by atoms with van der Waals surface area (Å²) in [4.78, 5) is 12.1. The van der Waals surface area contributed by atoms with Crippen LogP contribution in [0.4, 0.5) is 0 Å². The fraction of sp³-hybridized carbons (Fsp3) is 0.462. The molecule has 1 amide bonds. The van der Waals surface area contributed by atoms with Crippen molar-refractivity contribution in [2.24, 2.45) is 5.84 Å². The lowest BCUT2D eigenvalue weighted by molar-refractivity contribution is -0.130. The second kappa shape index (κ2) is 4.78. The molecular formula is C13H17ClN2O2. The number of ether oxygens (including phenoxy) is 1. The molecule has 1 fully saturated rings. The molecule has 0 aliphatic heterocycles. The fourth-order valence-electron chi connectivity index (χ4n) is 2.64. The number of methoxy groups -OCH3 is 1. The van der Waals surface area contributed by atoms with Crippen molar-refractivity contribution in [3.63, 3.8) is 0 Å². The van der Waals surface area contributed by atoms with Crippen molar-refractivity contribution in [2.75, 3.05) is 7.11 Å². The molecule has 0 unspecified atom stereocenters. The summed E-state index contributed by atoms with van der Waals surface area (Å²) in [6.07, 6.45) is 2.54. The third-order valence-corrected chi connectivity index (χ3v) is 3.95. The average Bonchev–Trinajstić information content (AvgIpc) is 2.26. The van der Waals surface area contributed by atoms with Crippen LogP contribution in [0.5, 0.6) is 5.75 Å². The standard InChI is InChI=1S/C13H17ClN2O2/c1-8-6-9(14)7-10(11(8)18-2)13(4-3-5-13)12(17)16-15/h6-7H,3-5,15H2,1-2H3,(H,16,17). The summed E-state index contributed by atoms with van der Waals surface area (Å²) in [6.45, 7) is 1.92.